The third-order valence-electron chi connectivity index (χ3n) is 1.82. The Labute approximate surface area is 92.1 Å². The van der Waals surface area contributed by atoms with Gasteiger partial charge in [0, 0.05) is 6.42 Å². The van der Waals surface area contributed by atoms with Gasteiger partial charge in [0.1, 0.15) is 0 Å². The monoisotopic (exact) mass is 233 g/mol. The zero-order chi connectivity index (χ0) is 12.1. The number of hydrogen-bond donors (Lipinski definition) is 1. The fourth-order valence-electron chi connectivity index (χ4n) is 1.10. The van der Waals surface area contributed by atoms with E-state index in [4.69, 9.17) is 5.14 Å². The normalized spacial score (nSPS) is 12.1. The minimum Gasteiger partial charge on any atom is -0.258 e. The second-order valence-corrected chi connectivity index (χ2v) is 5.45. The molecule has 15 heavy (non-hydrogen) atoms. The first-order chi connectivity index (χ1) is 6.67. The van der Waals surface area contributed by atoms with Crippen molar-refractivity contribution in [2.45, 2.75) is 34.1 Å². The van der Waals surface area contributed by atoms with Crippen LogP contribution in [0.25, 0.3) is 0 Å². The topological polar surface area (TPSA) is 69.4 Å². The van der Waals surface area contributed by atoms with Crippen molar-refractivity contribution in [1.82, 2.24) is 0 Å². The molecule has 0 bridgehead atoms. The molecule has 2 N–H and O–H groups in total. The Bertz CT molecular complexity index is 357. The van der Waals surface area contributed by atoms with Crippen molar-refractivity contribution in [3.05, 3.63) is 17.4 Å². The first kappa shape index (κ1) is 14.4. The van der Waals surface area contributed by atoms with E-state index in [-0.39, 0.29) is 12.0 Å². The molecule has 0 saturated heterocycles. The smallest absolute Gasteiger partial charge is 0.258 e. The van der Waals surface area contributed by atoms with Crippen LogP contribution in [0.5, 0.6) is 0 Å². The maximum Gasteiger partial charge on any atom is 0.333 e. The van der Waals surface area contributed by atoms with Crippen LogP contribution >= 0.6 is 0 Å². The van der Waals surface area contributed by atoms with Crippen LogP contribution in [0.3, 0.4) is 0 Å². The maximum atomic E-state index is 10.5. The second-order valence-electron chi connectivity index (χ2n) is 4.23. The van der Waals surface area contributed by atoms with E-state index in [1.54, 1.807) is 6.08 Å². The van der Waals surface area contributed by atoms with Crippen molar-refractivity contribution < 1.29 is 12.6 Å². The quantitative estimate of drug-likeness (QED) is 0.752. The molecule has 0 atom stereocenters. The van der Waals surface area contributed by atoms with Crippen LogP contribution in [0.1, 0.15) is 34.1 Å². The molecule has 0 unspecified atom stereocenters. The lowest BCUT2D eigenvalue weighted by Crippen LogP contribution is -2.18. The van der Waals surface area contributed by atoms with Crippen molar-refractivity contribution in [1.29, 1.82) is 0 Å². The number of rotatable bonds is 4. The Morgan fingerprint density at radius 1 is 1.47 bits per heavy atom. The fourth-order valence-corrected chi connectivity index (χ4v) is 1.41. The lowest BCUT2D eigenvalue weighted by molar-refractivity contribution is 0.311. The number of nitrogens with two attached hydrogens (primary N) is 1. The molecule has 0 aliphatic heterocycles. The van der Waals surface area contributed by atoms with E-state index in [9.17, 15) is 8.42 Å². The molecule has 0 saturated carbocycles. The van der Waals surface area contributed by atoms with Gasteiger partial charge in [0.2, 0.25) is 0 Å². The van der Waals surface area contributed by atoms with Crippen LogP contribution in [0, 0.1) is 5.41 Å². The van der Waals surface area contributed by atoms with Crippen LogP contribution in [-0.4, -0.2) is 15.0 Å². The van der Waals surface area contributed by atoms with E-state index >= 15 is 0 Å². The lowest BCUT2D eigenvalue weighted by atomic mass is 9.85. The van der Waals surface area contributed by atoms with Crippen molar-refractivity contribution in [3.63, 3.8) is 0 Å². The molecule has 0 aromatic heterocycles. The summed E-state index contributed by atoms with van der Waals surface area (Å²) in [4.78, 5) is 0. The van der Waals surface area contributed by atoms with E-state index in [0.29, 0.717) is 6.42 Å². The summed E-state index contributed by atoms with van der Waals surface area (Å²) in [6, 6.07) is 0. The summed E-state index contributed by atoms with van der Waals surface area (Å²) in [5.74, 6) is 0. The highest BCUT2D eigenvalue weighted by Crippen LogP contribution is 2.26. The van der Waals surface area contributed by atoms with Gasteiger partial charge >= 0.3 is 10.3 Å². The molecule has 0 aliphatic rings. The molecule has 4 nitrogen and oxygen atoms in total. The molecule has 5 heteroatoms. The minimum atomic E-state index is -3.83. The standard InChI is InChI=1S/C10H19NO3S/c1-5-6-9(10(2,3)4)7-8-14-15(11,12)13/h5H,7-8H2,1-4H3,(H2,11,12,13). The van der Waals surface area contributed by atoms with Crippen LogP contribution < -0.4 is 5.14 Å². The molecule has 0 fully saturated rings. The van der Waals surface area contributed by atoms with E-state index in [1.807, 2.05) is 27.7 Å². The molecule has 0 heterocycles. The van der Waals surface area contributed by atoms with E-state index < -0.39 is 10.3 Å². The zero-order valence-corrected chi connectivity index (χ0v) is 10.5. The van der Waals surface area contributed by atoms with E-state index in [1.165, 1.54) is 0 Å². The maximum absolute atomic E-state index is 10.5. The van der Waals surface area contributed by atoms with Crippen molar-refractivity contribution in [2.24, 2.45) is 10.6 Å². The summed E-state index contributed by atoms with van der Waals surface area (Å²) in [7, 11) is -3.83. The third-order valence-corrected chi connectivity index (χ3v) is 2.32. The summed E-state index contributed by atoms with van der Waals surface area (Å²) in [5.41, 5.74) is 4.05. The highest BCUT2D eigenvalue weighted by Gasteiger charge is 2.17. The molecule has 0 rings (SSSR count). The summed E-state index contributed by atoms with van der Waals surface area (Å²) in [6.07, 6.45) is 2.31. The summed E-state index contributed by atoms with van der Waals surface area (Å²) >= 11 is 0. The van der Waals surface area contributed by atoms with Gasteiger partial charge in [-0.2, -0.15) is 8.42 Å². The SMILES string of the molecule is CC=C=C(CCOS(N)(=O)=O)C(C)(C)C. The largest absolute Gasteiger partial charge is 0.333 e. The van der Waals surface area contributed by atoms with Gasteiger partial charge in [-0.3, -0.25) is 4.18 Å². The molecular weight excluding hydrogens is 214 g/mol. The average molecular weight is 233 g/mol. The highest BCUT2D eigenvalue weighted by atomic mass is 32.2. The molecule has 0 aromatic carbocycles. The van der Waals surface area contributed by atoms with Gasteiger partial charge in [-0.15, -0.1) is 5.73 Å². The Morgan fingerprint density at radius 2 is 2.00 bits per heavy atom. The van der Waals surface area contributed by atoms with Crippen molar-refractivity contribution >= 4 is 10.3 Å². The number of hydrogen-bond acceptors (Lipinski definition) is 3. The molecule has 0 spiro atoms. The van der Waals surface area contributed by atoms with E-state index in [2.05, 4.69) is 9.91 Å². The van der Waals surface area contributed by atoms with Gasteiger partial charge in [0.25, 0.3) is 0 Å². The van der Waals surface area contributed by atoms with Crippen LogP contribution in [0.4, 0.5) is 0 Å². The zero-order valence-electron chi connectivity index (χ0n) is 9.70. The van der Waals surface area contributed by atoms with Gasteiger partial charge in [0.05, 0.1) is 6.61 Å². The molecule has 88 valence electrons. The van der Waals surface area contributed by atoms with Crippen LogP contribution in [0.2, 0.25) is 0 Å². The molecular formula is C10H19NO3S. The van der Waals surface area contributed by atoms with Crippen molar-refractivity contribution in [3.8, 4) is 0 Å². The summed E-state index contributed by atoms with van der Waals surface area (Å²) in [6.45, 7) is 8.04. The Hall–Kier alpha value is -0.610. The second kappa shape index (κ2) is 5.47. The van der Waals surface area contributed by atoms with Crippen LogP contribution in [0.15, 0.2) is 17.4 Å². The Morgan fingerprint density at radius 3 is 2.33 bits per heavy atom. The first-order valence-electron chi connectivity index (χ1n) is 4.74. The molecule has 0 amide bonds. The summed E-state index contributed by atoms with van der Waals surface area (Å²) in [5, 5.41) is 4.72. The van der Waals surface area contributed by atoms with Gasteiger partial charge in [-0.1, -0.05) is 20.8 Å². The lowest BCUT2D eigenvalue weighted by Gasteiger charge is -2.20. The molecule has 0 aliphatic carbocycles. The van der Waals surface area contributed by atoms with Crippen molar-refractivity contribution in [2.75, 3.05) is 6.61 Å². The van der Waals surface area contributed by atoms with Gasteiger partial charge in [-0.05, 0) is 24.0 Å². The Kier molecular flexibility index (Phi) is 5.24. The predicted molar refractivity (Wildman–Crippen MR) is 60.4 cm³/mol. The average Bonchev–Trinajstić information content (AvgIpc) is 1.98. The van der Waals surface area contributed by atoms with Gasteiger partial charge in [0.15, 0.2) is 0 Å². The summed E-state index contributed by atoms with van der Waals surface area (Å²) < 4.78 is 25.6. The molecule has 0 radical (unpaired) electrons. The van der Waals surface area contributed by atoms with E-state index in [0.717, 1.165) is 5.57 Å². The van der Waals surface area contributed by atoms with Gasteiger partial charge < -0.3 is 0 Å². The third kappa shape index (κ3) is 7.33. The highest BCUT2D eigenvalue weighted by molar-refractivity contribution is 7.84. The van der Waals surface area contributed by atoms with Crippen LogP contribution in [-0.2, 0) is 14.5 Å². The minimum absolute atomic E-state index is 0.0474. The molecule has 0 aromatic rings. The predicted octanol–water partition coefficient (Wildman–Crippen LogP) is 1.74. The Balaban J connectivity index is 4.44. The first-order valence-corrected chi connectivity index (χ1v) is 6.22. The fraction of sp³-hybridized carbons (Fsp3) is 0.700. The van der Waals surface area contributed by atoms with Gasteiger partial charge in [-0.25, -0.2) is 5.14 Å².